The molecular weight excluding hydrogens is 410 g/mol. The number of halogens is 2. The van der Waals surface area contributed by atoms with Crippen molar-refractivity contribution in [1.82, 2.24) is 5.32 Å². The number of aryl methyl sites for hydroxylation is 1. The number of hydrogen-bond acceptors (Lipinski definition) is 3. The monoisotopic (exact) mass is 440 g/mol. The topological polar surface area (TPSA) is 50.7 Å². The minimum absolute atomic E-state index is 0.101. The molecule has 170 valence electrons. The van der Waals surface area contributed by atoms with Gasteiger partial charge >= 0.3 is 6.09 Å². The Morgan fingerprint density at radius 1 is 1.16 bits per heavy atom. The molecule has 0 spiro atoms. The van der Waals surface area contributed by atoms with Crippen molar-refractivity contribution in [1.29, 1.82) is 0 Å². The van der Waals surface area contributed by atoms with E-state index in [2.05, 4.69) is 16.9 Å². The van der Waals surface area contributed by atoms with Crippen molar-refractivity contribution in [3.05, 3.63) is 89.6 Å². The highest BCUT2D eigenvalue weighted by Gasteiger charge is 2.26. The standard InChI is InChI=1S/C26H30F2N2O2/c1-7-22(19-11-9-17(3)10-12-19)24(29-8-2)23(30-25(31)32-26(4,5)6)15-18-13-20(27)16-21(28)14-18/h7-14,16,23H,2,15H2,1,3-6H3,(H,30,31)/b22-7-,29-24?. The van der Waals surface area contributed by atoms with E-state index in [9.17, 15) is 13.6 Å². The van der Waals surface area contributed by atoms with Gasteiger partial charge in [-0.25, -0.2) is 13.6 Å². The molecule has 2 rings (SSSR count). The summed E-state index contributed by atoms with van der Waals surface area (Å²) in [5, 5.41) is 2.82. The molecule has 0 saturated heterocycles. The van der Waals surface area contributed by atoms with Gasteiger partial charge in [-0.1, -0.05) is 42.5 Å². The second-order valence-corrected chi connectivity index (χ2v) is 8.45. The number of nitrogens with zero attached hydrogens (tertiary/aromatic N) is 1. The van der Waals surface area contributed by atoms with Crippen LogP contribution in [-0.2, 0) is 11.2 Å². The smallest absolute Gasteiger partial charge is 0.408 e. The molecule has 0 aliphatic rings. The maximum Gasteiger partial charge on any atom is 0.408 e. The van der Waals surface area contributed by atoms with Crippen LogP contribution in [-0.4, -0.2) is 23.4 Å². The fourth-order valence-electron chi connectivity index (χ4n) is 3.27. The number of ether oxygens (including phenoxy) is 1. The van der Waals surface area contributed by atoms with Crippen LogP contribution in [0.5, 0.6) is 0 Å². The number of alkyl carbamates (subject to hydrolysis) is 1. The van der Waals surface area contributed by atoms with E-state index in [1.807, 2.05) is 44.2 Å². The predicted octanol–water partition coefficient (Wildman–Crippen LogP) is 6.40. The number of rotatable bonds is 7. The molecule has 0 saturated carbocycles. The minimum Gasteiger partial charge on any atom is -0.444 e. The van der Waals surface area contributed by atoms with Crippen LogP contribution in [0.3, 0.4) is 0 Å². The molecule has 0 aliphatic heterocycles. The zero-order valence-electron chi connectivity index (χ0n) is 19.2. The lowest BCUT2D eigenvalue weighted by molar-refractivity contribution is 0.0518. The number of carbonyl (C=O) groups excluding carboxylic acids is 1. The van der Waals surface area contributed by atoms with Gasteiger partial charge in [-0.05, 0) is 64.3 Å². The number of hydrogen-bond donors (Lipinski definition) is 1. The number of carbonyl (C=O) groups is 1. The Hall–Kier alpha value is -3.28. The normalized spacial score (nSPS) is 13.5. The minimum atomic E-state index is -0.725. The Morgan fingerprint density at radius 3 is 2.25 bits per heavy atom. The van der Waals surface area contributed by atoms with Crippen molar-refractivity contribution < 1.29 is 18.3 Å². The summed E-state index contributed by atoms with van der Waals surface area (Å²) in [6.07, 6.45) is 2.70. The summed E-state index contributed by atoms with van der Waals surface area (Å²) < 4.78 is 33.1. The van der Waals surface area contributed by atoms with Gasteiger partial charge in [0, 0.05) is 17.8 Å². The third-order valence-corrected chi connectivity index (χ3v) is 4.54. The summed E-state index contributed by atoms with van der Waals surface area (Å²) in [5.41, 5.74) is 2.92. The maximum absolute atomic E-state index is 13.8. The first kappa shape index (κ1) is 25.0. The third-order valence-electron chi connectivity index (χ3n) is 4.54. The molecule has 1 unspecified atom stereocenters. The SMILES string of the molecule is C=CN=C(/C(=C\C)c1ccc(C)cc1)C(Cc1cc(F)cc(F)c1)NC(=O)OC(C)(C)C. The Balaban J connectivity index is 2.51. The molecule has 1 atom stereocenters. The van der Waals surface area contributed by atoms with Crippen LogP contribution in [0.4, 0.5) is 13.6 Å². The first-order valence-electron chi connectivity index (χ1n) is 10.4. The second kappa shape index (κ2) is 10.8. The lowest BCUT2D eigenvalue weighted by atomic mass is 9.91. The Kier molecular flexibility index (Phi) is 8.47. The van der Waals surface area contributed by atoms with Gasteiger partial charge in [0.1, 0.15) is 17.2 Å². The summed E-state index contributed by atoms with van der Waals surface area (Å²) in [6, 6.07) is 10.4. The molecule has 2 aromatic carbocycles. The van der Waals surface area contributed by atoms with Crippen molar-refractivity contribution >= 4 is 17.4 Å². The van der Waals surface area contributed by atoms with Crippen LogP contribution in [0, 0.1) is 18.6 Å². The Morgan fingerprint density at radius 2 is 1.75 bits per heavy atom. The van der Waals surface area contributed by atoms with E-state index in [4.69, 9.17) is 4.74 Å². The number of aliphatic imine (C=N–C) groups is 1. The van der Waals surface area contributed by atoms with Gasteiger partial charge in [0.05, 0.1) is 11.8 Å². The highest BCUT2D eigenvalue weighted by Crippen LogP contribution is 2.22. The molecule has 6 heteroatoms. The van der Waals surface area contributed by atoms with Gasteiger partial charge in [-0.15, -0.1) is 0 Å². The lowest BCUT2D eigenvalue weighted by Crippen LogP contribution is -2.45. The molecule has 32 heavy (non-hydrogen) atoms. The van der Waals surface area contributed by atoms with Gasteiger partial charge in [-0.2, -0.15) is 0 Å². The van der Waals surface area contributed by atoms with Crippen molar-refractivity contribution in [2.45, 2.75) is 52.7 Å². The van der Waals surface area contributed by atoms with E-state index in [1.54, 1.807) is 20.8 Å². The molecule has 1 amide bonds. The van der Waals surface area contributed by atoms with E-state index >= 15 is 0 Å². The maximum atomic E-state index is 13.8. The van der Waals surface area contributed by atoms with Gasteiger partial charge in [0.2, 0.25) is 0 Å². The number of amides is 1. The molecule has 0 heterocycles. The Labute approximate surface area is 188 Å². The van der Waals surface area contributed by atoms with Crippen molar-refractivity contribution in [3.8, 4) is 0 Å². The van der Waals surface area contributed by atoms with Crippen LogP contribution in [0.15, 0.2) is 66.3 Å². The van der Waals surface area contributed by atoms with Crippen LogP contribution < -0.4 is 5.32 Å². The summed E-state index contributed by atoms with van der Waals surface area (Å²) in [4.78, 5) is 17.1. The molecule has 2 aromatic rings. The van der Waals surface area contributed by atoms with Crippen LogP contribution in [0.25, 0.3) is 5.57 Å². The highest BCUT2D eigenvalue weighted by atomic mass is 19.1. The highest BCUT2D eigenvalue weighted by molar-refractivity contribution is 6.27. The van der Waals surface area contributed by atoms with Gasteiger partial charge < -0.3 is 10.1 Å². The fourth-order valence-corrected chi connectivity index (χ4v) is 3.27. The molecule has 4 nitrogen and oxygen atoms in total. The van der Waals surface area contributed by atoms with Gasteiger partial charge in [0.25, 0.3) is 0 Å². The molecule has 1 N–H and O–H groups in total. The average Bonchev–Trinajstić information content (AvgIpc) is 2.66. The van der Waals surface area contributed by atoms with E-state index in [-0.39, 0.29) is 6.42 Å². The summed E-state index contributed by atoms with van der Waals surface area (Å²) >= 11 is 0. The fraction of sp³-hybridized carbons (Fsp3) is 0.308. The number of allylic oxidation sites excluding steroid dienone is 1. The third kappa shape index (κ3) is 7.45. The van der Waals surface area contributed by atoms with E-state index in [0.29, 0.717) is 11.3 Å². The number of nitrogens with one attached hydrogen (secondary N) is 1. The van der Waals surface area contributed by atoms with Crippen molar-refractivity contribution in [2.75, 3.05) is 0 Å². The summed E-state index contributed by atoms with van der Waals surface area (Å²) in [6.45, 7) is 12.8. The lowest BCUT2D eigenvalue weighted by Gasteiger charge is -2.26. The van der Waals surface area contributed by atoms with Gasteiger partial charge in [0.15, 0.2) is 0 Å². The van der Waals surface area contributed by atoms with Crippen LogP contribution >= 0.6 is 0 Å². The van der Waals surface area contributed by atoms with E-state index in [0.717, 1.165) is 22.8 Å². The quantitative estimate of drug-likeness (QED) is 0.507. The zero-order chi connectivity index (χ0) is 23.9. The molecule has 0 fully saturated rings. The molecule has 0 aliphatic carbocycles. The first-order chi connectivity index (χ1) is 15.0. The Bertz CT molecular complexity index is 999. The molecule has 0 radical (unpaired) electrons. The van der Waals surface area contributed by atoms with Gasteiger partial charge in [-0.3, -0.25) is 4.99 Å². The van der Waals surface area contributed by atoms with Crippen LogP contribution in [0.1, 0.15) is 44.4 Å². The molecular formula is C26H30F2N2O2. The van der Waals surface area contributed by atoms with Crippen LogP contribution in [0.2, 0.25) is 0 Å². The molecule has 0 aromatic heterocycles. The van der Waals surface area contributed by atoms with E-state index in [1.165, 1.54) is 18.3 Å². The second-order valence-electron chi connectivity index (χ2n) is 8.45. The van der Waals surface area contributed by atoms with Crippen molar-refractivity contribution in [3.63, 3.8) is 0 Å². The largest absolute Gasteiger partial charge is 0.444 e. The predicted molar refractivity (Wildman–Crippen MR) is 126 cm³/mol. The summed E-state index contributed by atoms with van der Waals surface area (Å²) in [5.74, 6) is -1.38. The molecule has 0 bridgehead atoms. The van der Waals surface area contributed by atoms with E-state index < -0.39 is 29.4 Å². The zero-order valence-corrected chi connectivity index (χ0v) is 19.2. The first-order valence-corrected chi connectivity index (χ1v) is 10.4. The van der Waals surface area contributed by atoms with Crippen molar-refractivity contribution in [2.24, 2.45) is 4.99 Å². The number of benzene rings is 2. The summed E-state index contributed by atoms with van der Waals surface area (Å²) in [7, 11) is 0. The average molecular weight is 441 g/mol.